The van der Waals surface area contributed by atoms with Gasteiger partial charge in [0.2, 0.25) is 5.91 Å². The zero-order valence-corrected chi connectivity index (χ0v) is 20.4. The second kappa shape index (κ2) is 10.8. The van der Waals surface area contributed by atoms with E-state index >= 15 is 0 Å². The molecule has 0 aliphatic carbocycles. The van der Waals surface area contributed by atoms with Gasteiger partial charge in [0.05, 0.1) is 5.75 Å². The Hall–Kier alpha value is -2.32. The van der Waals surface area contributed by atoms with Crippen LogP contribution in [0.1, 0.15) is 56.5 Å². The summed E-state index contributed by atoms with van der Waals surface area (Å²) in [7, 11) is 0. The average Bonchev–Trinajstić information content (AvgIpc) is 3.20. The van der Waals surface area contributed by atoms with E-state index in [4.69, 9.17) is 9.15 Å². The number of benzene rings is 2. The highest BCUT2D eigenvalue weighted by atomic mass is 79.9. The SMILES string of the molecule is CC(C)c1ccc(OCc2nnc(SCC(=O)Nc3ccc(Br)cc3C(C)C)o2)cc1. The number of carbonyl (C=O) groups excluding carboxylic acids is 1. The lowest BCUT2D eigenvalue weighted by Gasteiger charge is -2.14. The van der Waals surface area contributed by atoms with E-state index in [9.17, 15) is 4.79 Å². The molecule has 0 atom stereocenters. The molecule has 0 saturated carbocycles. The van der Waals surface area contributed by atoms with E-state index in [2.05, 4.69) is 59.1 Å². The van der Waals surface area contributed by atoms with Crippen LogP contribution < -0.4 is 10.1 Å². The van der Waals surface area contributed by atoms with E-state index in [0.717, 1.165) is 21.5 Å². The molecule has 0 radical (unpaired) electrons. The largest absolute Gasteiger partial charge is 0.484 e. The summed E-state index contributed by atoms with van der Waals surface area (Å²) in [6.07, 6.45) is 0. The van der Waals surface area contributed by atoms with E-state index in [1.165, 1.54) is 17.3 Å². The number of hydrogen-bond acceptors (Lipinski definition) is 6. The predicted molar refractivity (Wildman–Crippen MR) is 127 cm³/mol. The van der Waals surface area contributed by atoms with Crippen molar-refractivity contribution < 1.29 is 13.9 Å². The van der Waals surface area contributed by atoms with Crippen molar-refractivity contribution in [3.63, 3.8) is 0 Å². The third-order valence-corrected chi connectivity index (χ3v) is 5.91. The lowest BCUT2D eigenvalue weighted by atomic mass is 10.0. The maximum Gasteiger partial charge on any atom is 0.277 e. The molecular weight excluding hydrogens is 478 g/mol. The van der Waals surface area contributed by atoms with Gasteiger partial charge < -0.3 is 14.5 Å². The molecule has 0 fully saturated rings. The molecule has 0 aliphatic heterocycles. The van der Waals surface area contributed by atoms with E-state index in [0.29, 0.717) is 22.9 Å². The Balaban J connectivity index is 1.49. The molecule has 1 aromatic heterocycles. The van der Waals surface area contributed by atoms with Crippen molar-refractivity contribution in [2.75, 3.05) is 11.1 Å². The van der Waals surface area contributed by atoms with E-state index in [1.807, 2.05) is 42.5 Å². The number of thioether (sulfide) groups is 1. The third-order valence-electron chi connectivity index (χ3n) is 4.59. The van der Waals surface area contributed by atoms with Crippen LogP contribution in [0.2, 0.25) is 0 Å². The van der Waals surface area contributed by atoms with Crippen molar-refractivity contribution in [1.82, 2.24) is 10.2 Å². The Morgan fingerprint density at radius 3 is 2.52 bits per heavy atom. The predicted octanol–water partition coefficient (Wildman–Crippen LogP) is 6.39. The fourth-order valence-electron chi connectivity index (χ4n) is 2.89. The number of hydrogen-bond donors (Lipinski definition) is 1. The highest BCUT2D eigenvalue weighted by Gasteiger charge is 2.13. The fourth-order valence-corrected chi connectivity index (χ4v) is 3.85. The van der Waals surface area contributed by atoms with Crippen LogP contribution in [-0.2, 0) is 11.4 Å². The van der Waals surface area contributed by atoms with Crippen LogP contribution in [0.3, 0.4) is 0 Å². The van der Waals surface area contributed by atoms with Gasteiger partial charge in [-0.25, -0.2) is 0 Å². The number of nitrogens with one attached hydrogen (secondary N) is 1. The number of halogens is 1. The van der Waals surface area contributed by atoms with Crippen molar-refractivity contribution in [2.45, 2.75) is 51.4 Å². The molecule has 2 aromatic carbocycles. The van der Waals surface area contributed by atoms with E-state index in [-0.39, 0.29) is 18.3 Å². The molecule has 1 heterocycles. The van der Waals surface area contributed by atoms with Gasteiger partial charge in [-0.05, 0) is 53.3 Å². The van der Waals surface area contributed by atoms with Crippen molar-refractivity contribution in [3.05, 3.63) is 64.0 Å². The van der Waals surface area contributed by atoms with Gasteiger partial charge in [0.15, 0.2) is 6.61 Å². The van der Waals surface area contributed by atoms with Gasteiger partial charge >= 0.3 is 0 Å². The second-order valence-electron chi connectivity index (χ2n) is 7.70. The summed E-state index contributed by atoms with van der Waals surface area (Å²) in [6, 6.07) is 13.8. The molecule has 6 nitrogen and oxygen atoms in total. The smallest absolute Gasteiger partial charge is 0.277 e. The Labute approximate surface area is 195 Å². The molecule has 31 heavy (non-hydrogen) atoms. The number of amides is 1. The first-order valence-electron chi connectivity index (χ1n) is 10.1. The van der Waals surface area contributed by atoms with Crippen molar-refractivity contribution in [1.29, 1.82) is 0 Å². The molecule has 1 amide bonds. The summed E-state index contributed by atoms with van der Waals surface area (Å²) in [5.74, 6) is 1.92. The molecule has 8 heteroatoms. The number of rotatable bonds is 9. The minimum Gasteiger partial charge on any atom is -0.484 e. The standard InChI is InChI=1S/C23H26BrN3O3S/c1-14(2)16-5-8-18(9-6-16)29-12-22-26-27-23(30-22)31-13-21(28)25-20-10-7-17(24)11-19(20)15(3)4/h5-11,14-15H,12-13H2,1-4H3,(H,25,28). The summed E-state index contributed by atoms with van der Waals surface area (Å²) in [4.78, 5) is 12.4. The fraction of sp³-hybridized carbons (Fsp3) is 0.348. The molecule has 0 aliphatic rings. The summed E-state index contributed by atoms with van der Waals surface area (Å²) in [5.41, 5.74) is 3.14. The van der Waals surface area contributed by atoms with Crippen LogP contribution in [0, 0.1) is 0 Å². The maximum absolute atomic E-state index is 12.4. The minimum atomic E-state index is -0.129. The van der Waals surface area contributed by atoms with Crippen LogP contribution >= 0.6 is 27.7 Å². The van der Waals surface area contributed by atoms with Crippen LogP contribution in [0.5, 0.6) is 5.75 Å². The highest BCUT2D eigenvalue weighted by molar-refractivity contribution is 9.10. The van der Waals surface area contributed by atoms with Crippen molar-refractivity contribution in [2.24, 2.45) is 0 Å². The molecular formula is C23H26BrN3O3S. The van der Waals surface area contributed by atoms with Crippen molar-refractivity contribution in [3.8, 4) is 5.75 Å². The summed E-state index contributed by atoms with van der Waals surface area (Å²) in [6.45, 7) is 8.66. The first-order valence-corrected chi connectivity index (χ1v) is 11.9. The van der Waals surface area contributed by atoms with Crippen LogP contribution in [0.25, 0.3) is 0 Å². The topological polar surface area (TPSA) is 77.2 Å². The van der Waals surface area contributed by atoms with Crippen LogP contribution in [0.4, 0.5) is 5.69 Å². The molecule has 0 spiro atoms. The molecule has 3 rings (SSSR count). The maximum atomic E-state index is 12.4. The first-order chi connectivity index (χ1) is 14.8. The van der Waals surface area contributed by atoms with Gasteiger partial charge in [-0.2, -0.15) is 0 Å². The van der Waals surface area contributed by atoms with E-state index in [1.54, 1.807) is 0 Å². The van der Waals surface area contributed by atoms with Crippen molar-refractivity contribution >= 4 is 39.3 Å². The Bertz CT molecular complexity index is 1020. The number of aromatic nitrogens is 2. The average molecular weight is 504 g/mol. The normalized spacial score (nSPS) is 11.2. The number of ether oxygens (including phenoxy) is 1. The van der Waals surface area contributed by atoms with Gasteiger partial charge in [0.1, 0.15) is 5.75 Å². The van der Waals surface area contributed by atoms with Crippen LogP contribution in [-0.4, -0.2) is 21.9 Å². The summed E-state index contributed by atoms with van der Waals surface area (Å²) < 4.78 is 12.3. The number of anilines is 1. The lowest BCUT2D eigenvalue weighted by Crippen LogP contribution is -2.15. The summed E-state index contributed by atoms with van der Waals surface area (Å²) in [5, 5.41) is 11.3. The van der Waals surface area contributed by atoms with E-state index < -0.39 is 0 Å². The molecule has 1 N–H and O–H groups in total. The quantitative estimate of drug-likeness (QED) is 0.341. The first kappa shape index (κ1) is 23.3. The Morgan fingerprint density at radius 2 is 1.84 bits per heavy atom. The summed E-state index contributed by atoms with van der Waals surface area (Å²) >= 11 is 4.67. The van der Waals surface area contributed by atoms with Gasteiger partial charge in [0.25, 0.3) is 11.1 Å². The number of nitrogens with zero attached hydrogens (tertiary/aromatic N) is 2. The van der Waals surface area contributed by atoms with Gasteiger partial charge in [-0.1, -0.05) is 67.5 Å². The Kier molecular flexibility index (Phi) is 8.15. The zero-order chi connectivity index (χ0) is 22.4. The second-order valence-corrected chi connectivity index (χ2v) is 9.54. The molecule has 0 bridgehead atoms. The van der Waals surface area contributed by atoms with Crippen LogP contribution in [0.15, 0.2) is 56.6 Å². The zero-order valence-electron chi connectivity index (χ0n) is 18.0. The molecule has 0 unspecified atom stereocenters. The lowest BCUT2D eigenvalue weighted by molar-refractivity contribution is -0.113. The number of carbonyl (C=O) groups is 1. The van der Waals surface area contributed by atoms with Gasteiger partial charge in [-0.3, -0.25) is 4.79 Å². The molecule has 3 aromatic rings. The Morgan fingerprint density at radius 1 is 1.10 bits per heavy atom. The molecule has 164 valence electrons. The minimum absolute atomic E-state index is 0.129. The van der Waals surface area contributed by atoms with Gasteiger partial charge in [-0.15, -0.1) is 10.2 Å². The third kappa shape index (κ3) is 6.83. The monoisotopic (exact) mass is 503 g/mol. The highest BCUT2D eigenvalue weighted by Crippen LogP contribution is 2.28. The van der Waals surface area contributed by atoms with Gasteiger partial charge in [0, 0.05) is 10.2 Å². The molecule has 0 saturated heterocycles.